The maximum Gasteiger partial charge on any atom is 0.305 e. The van der Waals surface area contributed by atoms with Crippen molar-refractivity contribution in [3.8, 4) is 11.1 Å². The van der Waals surface area contributed by atoms with Crippen molar-refractivity contribution in [1.82, 2.24) is 10.3 Å². The zero-order valence-electron chi connectivity index (χ0n) is 18.7. The van der Waals surface area contributed by atoms with Gasteiger partial charge in [0.1, 0.15) is 11.6 Å². The zero-order valence-corrected chi connectivity index (χ0v) is 18.7. The number of rotatable bonds is 10. The molecule has 1 aromatic heterocycles. The Bertz CT molecular complexity index is 1080. The maximum absolute atomic E-state index is 14.1. The van der Waals surface area contributed by atoms with Gasteiger partial charge in [0.2, 0.25) is 0 Å². The van der Waals surface area contributed by atoms with Gasteiger partial charge in [0.05, 0.1) is 18.0 Å². The molecule has 0 aliphatic rings. The summed E-state index contributed by atoms with van der Waals surface area (Å²) in [5, 5.41) is 14.7. The zero-order chi connectivity index (χ0) is 23.8. The van der Waals surface area contributed by atoms with Gasteiger partial charge in [-0.05, 0) is 41.7 Å². The Labute approximate surface area is 192 Å². The molecule has 0 bridgehead atoms. The maximum atomic E-state index is 14.1. The second kappa shape index (κ2) is 11.2. The first-order valence-corrected chi connectivity index (χ1v) is 10.9. The summed E-state index contributed by atoms with van der Waals surface area (Å²) >= 11 is 0. The van der Waals surface area contributed by atoms with Gasteiger partial charge in [-0.1, -0.05) is 56.3 Å². The molecule has 172 valence electrons. The van der Waals surface area contributed by atoms with Crippen LogP contribution in [0.1, 0.15) is 48.7 Å². The van der Waals surface area contributed by atoms with Gasteiger partial charge in [-0.25, -0.2) is 9.37 Å². The lowest BCUT2D eigenvalue weighted by molar-refractivity contribution is -0.136. The molecule has 33 heavy (non-hydrogen) atoms. The van der Waals surface area contributed by atoms with Gasteiger partial charge in [0.25, 0.3) is 5.91 Å². The van der Waals surface area contributed by atoms with Gasteiger partial charge in [0.15, 0.2) is 0 Å². The van der Waals surface area contributed by atoms with Gasteiger partial charge in [-0.2, -0.15) is 0 Å². The van der Waals surface area contributed by atoms with E-state index >= 15 is 0 Å². The van der Waals surface area contributed by atoms with Crippen molar-refractivity contribution < 1.29 is 19.1 Å². The molecule has 0 aliphatic carbocycles. The highest BCUT2D eigenvalue weighted by Gasteiger charge is 2.15. The van der Waals surface area contributed by atoms with Crippen LogP contribution in [-0.4, -0.2) is 28.5 Å². The highest BCUT2D eigenvalue weighted by Crippen LogP contribution is 2.29. The number of amides is 1. The topological polar surface area (TPSA) is 91.3 Å². The van der Waals surface area contributed by atoms with Crippen LogP contribution in [0.3, 0.4) is 0 Å². The Hall–Kier alpha value is -3.74. The molecule has 1 heterocycles. The number of carbonyl (C=O) groups is 2. The molecular weight excluding hydrogens is 421 g/mol. The summed E-state index contributed by atoms with van der Waals surface area (Å²) in [7, 11) is 0. The van der Waals surface area contributed by atoms with E-state index in [-0.39, 0.29) is 30.7 Å². The number of pyridine rings is 1. The Morgan fingerprint density at radius 2 is 1.76 bits per heavy atom. The SMILES string of the molecule is CC(C)CC(Nc1ccc(C(=O)NCCC(=O)O)cn1)c1ccc(-c2ccccc2F)cc1. The molecule has 7 heteroatoms. The fourth-order valence-electron chi connectivity index (χ4n) is 3.52. The monoisotopic (exact) mass is 449 g/mol. The summed E-state index contributed by atoms with van der Waals surface area (Å²) in [6.45, 7) is 4.34. The molecular formula is C26H28FN3O3. The molecule has 0 aliphatic heterocycles. The van der Waals surface area contributed by atoms with Gasteiger partial charge >= 0.3 is 5.97 Å². The molecule has 1 amide bonds. The lowest BCUT2D eigenvalue weighted by atomic mass is 9.95. The Morgan fingerprint density at radius 1 is 1.03 bits per heavy atom. The van der Waals surface area contributed by atoms with E-state index in [0.29, 0.717) is 22.9 Å². The third-order valence-corrected chi connectivity index (χ3v) is 5.18. The lowest BCUT2D eigenvalue weighted by Gasteiger charge is -2.22. The predicted molar refractivity (Wildman–Crippen MR) is 126 cm³/mol. The number of nitrogens with zero attached hydrogens (tertiary/aromatic N) is 1. The number of halogens is 1. The standard InChI is InChI=1S/C26H28FN3O3/c1-17(2)15-23(19-9-7-18(8-10-19)21-5-3-4-6-22(21)27)30-24-12-11-20(16-29-24)26(33)28-14-13-25(31)32/h3-12,16-17,23H,13-15H2,1-2H3,(H,28,33)(H,29,30)(H,31,32). The van der Waals surface area contributed by atoms with Crippen molar-refractivity contribution in [3.63, 3.8) is 0 Å². The number of nitrogens with one attached hydrogen (secondary N) is 2. The minimum absolute atomic E-state index is 0.0117. The van der Waals surface area contributed by atoms with Crippen LogP contribution >= 0.6 is 0 Å². The predicted octanol–water partition coefficient (Wildman–Crippen LogP) is 5.29. The summed E-state index contributed by atoms with van der Waals surface area (Å²) in [6, 6.07) is 17.9. The van der Waals surface area contributed by atoms with Crippen molar-refractivity contribution in [2.24, 2.45) is 5.92 Å². The molecule has 3 N–H and O–H groups in total. The lowest BCUT2D eigenvalue weighted by Crippen LogP contribution is -2.26. The van der Waals surface area contributed by atoms with E-state index in [4.69, 9.17) is 5.11 Å². The van der Waals surface area contributed by atoms with Crippen LogP contribution in [-0.2, 0) is 4.79 Å². The second-order valence-corrected chi connectivity index (χ2v) is 8.26. The van der Waals surface area contributed by atoms with E-state index in [1.807, 2.05) is 30.3 Å². The van der Waals surface area contributed by atoms with E-state index in [1.165, 1.54) is 12.3 Å². The molecule has 0 spiro atoms. The van der Waals surface area contributed by atoms with Crippen LogP contribution in [0.25, 0.3) is 11.1 Å². The number of aromatic nitrogens is 1. The molecule has 1 atom stereocenters. The van der Waals surface area contributed by atoms with Gasteiger partial charge in [-0.15, -0.1) is 0 Å². The quantitative estimate of drug-likeness (QED) is 0.391. The summed E-state index contributed by atoms with van der Waals surface area (Å²) in [4.78, 5) is 27.0. The van der Waals surface area contributed by atoms with Crippen LogP contribution in [0, 0.1) is 11.7 Å². The Kier molecular flexibility index (Phi) is 8.13. The Balaban J connectivity index is 1.71. The van der Waals surface area contributed by atoms with E-state index in [9.17, 15) is 14.0 Å². The number of carboxylic acid groups (broad SMARTS) is 1. The first kappa shape index (κ1) is 23.9. The van der Waals surface area contributed by atoms with Gasteiger partial charge < -0.3 is 15.7 Å². The molecule has 2 aromatic carbocycles. The fourth-order valence-corrected chi connectivity index (χ4v) is 3.52. The van der Waals surface area contributed by atoms with Crippen molar-refractivity contribution in [2.45, 2.75) is 32.7 Å². The summed E-state index contributed by atoms with van der Waals surface area (Å²) in [5.74, 6) is -0.531. The third-order valence-electron chi connectivity index (χ3n) is 5.18. The summed E-state index contributed by atoms with van der Waals surface area (Å²) < 4.78 is 14.1. The van der Waals surface area contributed by atoms with Gasteiger partial charge in [0, 0.05) is 18.3 Å². The minimum atomic E-state index is -0.967. The first-order chi connectivity index (χ1) is 15.8. The van der Waals surface area contributed by atoms with Crippen LogP contribution in [0.15, 0.2) is 66.9 Å². The number of carboxylic acids is 1. The summed E-state index contributed by atoms with van der Waals surface area (Å²) in [5.41, 5.74) is 2.80. The third kappa shape index (κ3) is 6.87. The highest BCUT2D eigenvalue weighted by atomic mass is 19.1. The normalized spacial score (nSPS) is 11.8. The molecule has 3 rings (SSSR count). The summed E-state index contributed by atoms with van der Waals surface area (Å²) in [6.07, 6.45) is 2.19. The molecule has 0 saturated carbocycles. The highest BCUT2D eigenvalue weighted by molar-refractivity contribution is 5.94. The minimum Gasteiger partial charge on any atom is -0.481 e. The average molecular weight is 450 g/mol. The second-order valence-electron chi connectivity index (χ2n) is 8.26. The van der Waals surface area contributed by atoms with Crippen LogP contribution in [0.2, 0.25) is 0 Å². The Morgan fingerprint density at radius 3 is 2.36 bits per heavy atom. The number of hydrogen-bond donors (Lipinski definition) is 3. The number of benzene rings is 2. The molecule has 1 unspecified atom stereocenters. The van der Waals surface area contributed by atoms with Crippen molar-refractivity contribution in [3.05, 3.63) is 83.8 Å². The van der Waals surface area contributed by atoms with Crippen LogP contribution < -0.4 is 10.6 Å². The van der Waals surface area contributed by atoms with Crippen molar-refractivity contribution in [1.29, 1.82) is 0 Å². The van der Waals surface area contributed by atoms with Crippen molar-refractivity contribution >= 4 is 17.7 Å². The average Bonchev–Trinajstić information content (AvgIpc) is 2.79. The van der Waals surface area contributed by atoms with Gasteiger partial charge in [-0.3, -0.25) is 9.59 Å². The molecule has 0 radical (unpaired) electrons. The smallest absolute Gasteiger partial charge is 0.305 e. The molecule has 0 saturated heterocycles. The number of hydrogen-bond acceptors (Lipinski definition) is 4. The molecule has 0 fully saturated rings. The van der Waals surface area contributed by atoms with Crippen LogP contribution in [0.5, 0.6) is 0 Å². The number of aliphatic carboxylic acids is 1. The number of carbonyl (C=O) groups excluding carboxylic acids is 1. The molecule has 3 aromatic rings. The van der Waals surface area contributed by atoms with E-state index < -0.39 is 5.97 Å². The van der Waals surface area contributed by atoms with E-state index in [2.05, 4.69) is 29.5 Å². The largest absolute Gasteiger partial charge is 0.481 e. The van der Waals surface area contributed by atoms with E-state index in [0.717, 1.165) is 17.5 Å². The van der Waals surface area contributed by atoms with Crippen LogP contribution in [0.4, 0.5) is 10.2 Å². The van der Waals surface area contributed by atoms with Crippen molar-refractivity contribution in [2.75, 3.05) is 11.9 Å². The molecule has 6 nitrogen and oxygen atoms in total. The number of anilines is 1. The fraction of sp³-hybridized carbons (Fsp3) is 0.269. The first-order valence-electron chi connectivity index (χ1n) is 10.9. The van der Waals surface area contributed by atoms with E-state index in [1.54, 1.807) is 24.3 Å².